The van der Waals surface area contributed by atoms with Gasteiger partial charge in [-0.05, 0) is 18.6 Å². The van der Waals surface area contributed by atoms with Gasteiger partial charge in [-0.25, -0.2) is 4.79 Å². The van der Waals surface area contributed by atoms with E-state index in [-0.39, 0.29) is 5.57 Å². The van der Waals surface area contributed by atoms with E-state index in [0.29, 0.717) is 5.56 Å². The number of aliphatic carboxylic acids is 1. The molecule has 0 saturated carbocycles. The maximum atomic E-state index is 10.5. The molecule has 1 aromatic carbocycles. The summed E-state index contributed by atoms with van der Waals surface area (Å²) in [5.74, 6) is -1.01. The van der Waals surface area contributed by atoms with Gasteiger partial charge in [0.2, 0.25) is 0 Å². The molecular weight excluding hydrogens is 180 g/mol. The van der Waals surface area contributed by atoms with Crippen LogP contribution in [0.3, 0.4) is 0 Å². The fourth-order valence-corrected chi connectivity index (χ4v) is 1.05. The summed E-state index contributed by atoms with van der Waals surface area (Å²) in [5, 5.41) is 18.2. The molecule has 0 saturated heterocycles. The maximum absolute atomic E-state index is 10.5. The highest BCUT2D eigenvalue weighted by atomic mass is 16.4. The minimum Gasteiger partial charge on any atom is -0.478 e. The molecule has 0 radical (unpaired) electrons. The highest BCUT2D eigenvalue weighted by Crippen LogP contribution is 2.15. The number of rotatable bonds is 3. The Morgan fingerprint density at radius 3 is 2.43 bits per heavy atom. The molecule has 0 heterocycles. The first kappa shape index (κ1) is 10.5. The van der Waals surface area contributed by atoms with Crippen molar-refractivity contribution < 1.29 is 15.0 Å². The SMILES string of the molecule is CC(=CC(O)c1ccccc1)C(=O)O. The summed E-state index contributed by atoms with van der Waals surface area (Å²) < 4.78 is 0. The molecule has 0 fully saturated rings. The lowest BCUT2D eigenvalue weighted by Crippen LogP contribution is -2.00. The van der Waals surface area contributed by atoms with Gasteiger partial charge in [0.05, 0.1) is 6.10 Å². The molecule has 1 aromatic rings. The van der Waals surface area contributed by atoms with Gasteiger partial charge in [-0.3, -0.25) is 0 Å². The van der Waals surface area contributed by atoms with Crippen LogP contribution in [-0.2, 0) is 4.79 Å². The molecule has 1 unspecified atom stereocenters. The third-order valence-electron chi connectivity index (χ3n) is 1.89. The number of carboxylic acids is 1. The summed E-state index contributed by atoms with van der Waals surface area (Å²) in [6.07, 6.45) is 0.463. The van der Waals surface area contributed by atoms with Gasteiger partial charge in [0.25, 0.3) is 0 Å². The molecular formula is C11H12O3. The zero-order chi connectivity index (χ0) is 10.6. The van der Waals surface area contributed by atoms with Crippen LogP contribution < -0.4 is 0 Å². The Kier molecular flexibility index (Phi) is 3.42. The average molecular weight is 192 g/mol. The van der Waals surface area contributed by atoms with Crippen molar-refractivity contribution >= 4 is 5.97 Å². The maximum Gasteiger partial charge on any atom is 0.331 e. The van der Waals surface area contributed by atoms with Crippen LogP contribution in [0.25, 0.3) is 0 Å². The minimum atomic E-state index is -1.01. The van der Waals surface area contributed by atoms with Crippen molar-refractivity contribution in [2.24, 2.45) is 0 Å². The number of carbonyl (C=O) groups is 1. The first-order valence-electron chi connectivity index (χ1n) is 4.26. The summed E-state index contributed by atoms with van der Waals surface area (Å²) in [5.41, 5.74) is 0.828. The van der Waals surface area contributed by atoms with E-state index in [9.17, 15) is 9.90 Å². The average Bonchev–Trinajstić information content (AvgIpc) is 2.19. The number of benzene rings is 1. The summed E-state index contributed by atoms with van der Waals surface area (Å²) in [6.45, 7) is 1.45. The monoisotopic (exact) mass is 192 g/mol. The Labute approximate surface area is 82.3 Å². The van der Waals surface area contributed by atoms with Gasteiger partial charge < -0.3 is 10.2 Å². The third kappa shape index (κ3) is 2.71. The van der Waals surface area contributed by atoms with Gasteiger partial charge in [0, 0.05) is 5.57 Å². The summed E-state index contributed by atoms with van der Waals surface area (Å²) >= 11 is 0. The fraction of sp³-hybridized carbons (Fsp3) is 0.182. The first-order valence-corrected chi connectivity index (χ1v) is 4.26. The molecule has 2 N–H and O–H groups in total. The normalized spacial score (nSPS) is 13.7. The molecule has 0 aromatic heterocycles. The van der Waals surface area contributed by atoms with E-state index in [1.807, 2.05) is 6.07 Å². The van der Waals surface area contributed by atoms with Crippen molar-refractivity contribution in [2.75, 3.05) is 0 Å². The second kappa shape index (κ2) is 4.58. The molecule has 3 heteroatoms. The molecule has 0 amide bonds. The molecule has 3 nitrogen and oxygen atoms in total. The molecule has 0 aliphatic heterocycles. The van der Waals surface area contributed by atoms with E-state index in [0.717, 1.165) is 0 Å². The van der Waals surface area contributed by atoms with Crippen molar-refractivity contribution in [3.8, 4) is 0 Å². The number of aliphatic hydroxyl groups is 1. The van der Waals surface area contributed by atoms with E-state index >= 15 is 0 Å². The predicted molar refractivity (Wildman–Crippen MR) is 52.8 cm³/mol. The van der Waals surface area contributed by atoms with Crippen LogP contribution in [0.2, 0.25) is 0 Å². The van der Waals surface area contributed by atoms with Crippen LogP contribution in [0.1, 0.15) is 18.6 Å². The Hall–Kier alpha value is -1.61. The Balaban J connectivity index is 2.82. The van der Waals surface area contributed by atoms with E-state index in [4.69, 9.17) is 5.11 Å². The Morgan fingerprint density at radius 2 is 1.93 bits per heavy atom. The Morgan fingerprint density at radius 1 is 1.36 bits per heavy atom. The lowest BCUT2D eigenvalue weighted by atomic mass is 10.1. The summed E-state index contributed by atoms with van der Waals surface area (Å²) in [7, 11) is 0. The minimum absolute atomic E-state index is 0.140. The highest BCUT2D eigenvalue weighted by Gasteiger charge is 2.06. The van der Waals surface area contributed by atoms with E-state index in [1.165, 1.54) is 13.0 Å². The molecule has 1 atom stereocenters. The van der Waals surface area contributed by atoms with Gasteiger partial charge in [0.1, 0.15) is 0 Å². The van der Waals surface area contributed by atoms with Gasteiger partial charge >= 0.3 is 5.97 Å². The third-order valence-corrected chi connectivity index (χ3v) is 1.89. The quantitative estimate of drug-likeness (QED) is 0.717. The summed E-state index contributed by atoms with van der Waals surface area (Å²) in [4.78, 5) is 10.5. The number of carboxylic acid groups (broad SMARTS) is 1. The fourth-order valence-electron chi connectivity index (χ4n) is 1.05. The lowest BCUT2D eigenvalue weighted by molar-refractivity contribution is -0.132. The van der Waals surface area contributed by atoms with Crippen molar-refractivity contribution in [1.29, 1.82) is 0 Å². The van der Waals surface area contributed by atoms with Crippen molar-refractivity contribution in [3.63, 3.8) is 0 Å². The van der Waals surface area contributed by atoms with E-state index < -0.39 is 12.1 Å². The van der Waals surface area contributed by atoms with E-state index in [1.54, 1.807) is 24.3 Å². The van der Waals surface area contributed by atoms with Crippen LogP contribution in [0, 0.1) is 0 Å². The van der Waals surface area contributed by atoms with Crippen molar-refractivity contribution in [2.45, 2.75) is 13.0 Å². The Bertz CT molecular complexity index is 341. The number of hydrogen-bond acceptors (Lipinski definition) is 2. The molecule has 14 heavy (non-hydrogen) atoms. The first-order chi connectivity index (χ1) is 6.61. The lowest BCUT2D eigenvalue weighted by Gasteiger charge is -2.05. The van der Waals surface area contributed by atoms with Crippen LogP contribution >= 0.6 is 0 Å². The molecule has 0 aliphatic rings. The standard InChI is InChI=1S/C11H12O3/c1-8(11(13)14)7-10(12)9-5-3-2-4-6-9/h2-7,10,12H,1H3,(H,13,14). The predicted octanol–water partition coefficient (Wildman–Crippen LogP) is 1.75. The molecule has 0 spiro atoms. The van der Waals surface area contributed by atoms with Crippen molar-refractivity contribution in [3.05, 3.63) is 47.5 Å². The number of aliphatic hydroxyl groups excluding tert-OH is 1. The van der Waals surface area contributed by atoms with Crippen LogP contribution in [-0.4, -0.2) is 16.2 Å². The van der Waals surface area contributed by atoms with Crippen LogP contribution in [0.5, 0.6) is 0 Å². The zero-order valence-electron chi connectivity index (χ0n) is 7.84. The largest absolute Gasteiger partial charge is 0.478 e. The second-order valence-electron chi connectivity index (χ2n) is 3.01. The van der Waals surface area contributed by atoms with Crippen LogP contribution in [0.15, 0.2) is 42.0 Å². The van der Waals surface area contributed by atoms with Gasteiger partial charge in [-0.15, -0.1) is 0 Å². The van der Waals surface area contributed by atoms with Gasteiger partial charge in [-0.2, -0.15) is 0 Å². The van der Waals surface area contributed by atoms with Gasteiger partial charge in [-0.1, -0.05) is 30.3 Å². The van der Waals surface area contributed by atoms with Crippen molar-refractivity contribution in [1.82, 2.24) is 0 Å². The second-order valence-corrected chi connectivity index (χ2v) is 3.01. The van der Waals surface area contributed by atoms with Crippen LogP contribution in [0.4, 0.5) is 0 Å². The molecule has 0 aliphatic carbocycles. The topological polar surface area (TPSA) is 57.5 Å². The molecule has 74 valence electrons. The highest BCUT2D eigenvalue weighted by molar-refractivity contribution is 5.85. The summed E-state index contributed by atoms with van der Waals surface area (Å²) in [6, 6.07) is 8.92. The number of hydrogen-bond donors (Lipinski definition) is 2. The van der Waals surface area contributed by atoms with E-state index in [2.05, 4.69) is 0 Å². The zero-order valence-corrected chi connectivity index (χ0v) is 7.84. The molecule has 0 bridgehead atoms. The smallest absolute Gasteiger partial charge is 0.331 e. The van der Waals surface area contributed by atoms with Gasteiger partial charge in [0.15, 0.2) is 0 Å². The molecule has 1 rings (SSSR count).